The Morgan fingerprint density at radius 2 is 2.15 bits per heavy atom. The summed E-state index contributed by atoms with van der Waals surface area (Å²) >= 11 is 0. The molecule has 0 aliphatic rings. The zero-order valence-corrected chi connectivity index (χ0v) is 8.84. The molecular weight excluding hydrogens is 190 g/mol. The van der Waals surface area contributed by atoms with E-state index in [0.717, 1.165) is 6.42 Å². The fourth-order valence-electron chi connectivity index (χ4n) is 0.835. The summed E-state index contributed by atoms with van der Waals surface area (Å²) in [6, 6.07) is 0. The second-order valence-electron chi connectivity index (χ2n) is 3.12. The highest BCUT2D eigenvalue weighted by Crippen LogP contribution is 2.06. The van der Waals surface area contributed by atoms with E-state index in [1.807, 2.05) is 13.8 Å². The van der Waals surface area contributed by atoms with Crippen molar-refractivity contribution >= 4 is 16.8 Å². The molecule has 0 aromatic rings. The Bertz CT molecular complexity index is 196. The van der Waals surface area contributed by atoms with Gasteiger partial charge >= 0.3 is 5.97 Å². The first kappa shape index (κ1) is 12.6. The van der Waals surface area contributed by atoms with E-state index in [-0.39, 0.29) is 12.5 Å². The van der Waals surface area contributed by atoms with Gasteiger partial charge in [0.25, 0.3) is 0 Å². The standard InChI is InChI=1S/C8H17NO3S/c1-3-6(2)5-13(12)7(4-9)8(10)11/h6-7H,3-5,9H2,1-2H3,(H,10,11). The van der Waals surface area contributed by atoms with E-state index in [9.17, 15) is 9.00 Å². The predicted molar refractivity (Wildman–Crippen MR) is 52.9 cm³/mol. The van der Waals surface area contributed by atoms with Crippen LogP contribution in [0.15, 0.2) is 0 Å². The third-order valence-electron chi connectivity index (χ3n) is 1.95. The van der Waals surface area contributed by atoms with Crippen molar-refractivity contribution in [3.8, 4) is 0 Å². The van der Waals surface area contributed by atoms with Gasteiger partial charge < -0.3 is 10.8 Å². The second kappa shape index (κ2) is 6.10. The lowest BCUT2D eigenvalue weighted by molar-refractivity contribution is -0.136. The van der Waals surface area contributed by atoms with Crippen molar-refractivity contribution in [3.63, 3.8) is 0 Å². The number of hydrogen-bond donors (Lipinski definition) is 2. The van der Waals surface area contributed by atoms with Crippen LogP contribution >= 0.6 is 0 Å². The lowest BCUT2D eigenvalue weighted by atomic mass is 10.2. The van der Waals surface area contributed by atoms with Gasteiger partial charge in [0.2, 0.25) is 0 Å². The molecule has 0 saturated heterocycles. The molecule has 0 amide bonds. The molecular formula is C8H17NO3S. The average Bonchev–Trinajstić information content (AvgIpc) is 2.04. The van der Waals surface area contributed by atoms with Crippen LogP contribution in [0.4, 0.5) is 0 Å². The third-order valence-corrected chi connectivity index (χ3v) is 3.88. The molecule has 0 bridgehead atoms. The first-order valence-corrected chi connectivity index (χ1v) is 5.71. The summed E-state index contributed by atoms with van der Waals surface area (Å²) in [4.78, 5) is 10.6. The van der Waals surface area contributed by atoms with Gasteiger partial charge in [0.1, 0.15) is 5.25 Å². The van der Waals surface area contributed by atoms with Gasteiger partial charge in [-0.1, -0.05) is 20.3 Å². The maximum Gasteiger partial charge on any atom is 0.320 e. The molecule has 0 fully saturated rings. The van der Waals surface area contributed by atoms with Gasteiger partial charge in [-0.2, -0.15) is 0 Å². The Labute approximate surface area is 81.0 Å². The number of carboxylic acid groups (broad SMARTS) is 1. The van der Waals surface area contributed by atoms with Gasteiger partial charge in [-0.15, -0.1) is 0 Å². The molecule has 0 aromatic heterocycles. The zero-order valence-electron chi connectivity index (χ0n) is 8.03. The molecule has 4 nitrogen and oxygen atoms in total. The molecule has 0 aliphatic heterocycles. The molecule has 0 saturated carbocycles. The quantitative estimate of drug-likeness (QED) is 0.651. The van der Waals surface area contributed by atoms with E-state index in [1.165, 1.54) is 0 Å². The Kier molecular flexibility index (Phi) is 5.90. The van der Waals surface area contributed by atoms with Gasteiger partial charge in [-0.25, -0.2) is 0 Å². The molecule has 0 heterocycles. The summed E-state index contributed by atoms with van der Waals surface area (Å²) in [5.74, 6) is -0.358. The Hall–Kier alpha value is -0.420. The van der Waals surface area contributed by atoms with E-state index in [0.29, 0.717) is 5.75 Å². The van der Waals surface area contributed by atoms with Crippen LogP contribution in [0.3, 0.4) is 0 Å². The van der Waals surface area contributed by atoms with E-state index >= 15 is 0 Å². The maximum absolute atomic E-state index is 11.4. The highest BCUT2D eigenvalue weighted by Gasteiger charge is 2.23. The maximum atomic E-state index is 11.4. The van der Waals surface area contributed by atoms with E-state index < -0.39 is 22.0 Å². The number of carbonyl (C=O) groups is 1. The van der Waals surface area contributed by atoms with Gasteiger partial charge in [-0.3, -0.25) is 9.00 Å². The molecule has 13 heavy (non-hydrogen) atoms. The largest absolute Gasteiger partial charge is 0.480 e. The molecule has 0 radical (unpaired) electrons. The van der Waals surface area contributed by atoms with Crippen LogP contribution in [-0.4, -0.2) is 32.8 Å². The lowest BCUT2D eigenvalue weighted by Crippen LogP contribution is -2.35. The molecule has 0 spiro atoms. The Morgan fingerprint density at radius 3 is 2.46 bits per heavy atom. The fraction of sp³-hybridized carbons (Fsp3) is 0.875. The van der Waals surface area contributed by atoms with Crippen LogP contribution in [0.1, 0.15) is 20.3 Å². The molecule has 0 aliphatic carbocycles. The van der Waals surface area contributed by atoms with Crippen LogP contribution in [0, 0.1) is 5.92 Å². The molecule has 78 valence electrons. The van der Waals surface area contributed by atoms with E-state index in [2.05, 4.69) is 0 Å². The molecule has 3 N–H and O–H groups in total. The number of rotatable bonds is 6. The Balaban J connectivity index is 4.14. The van der Waals surface area contributed by atoms with Crippen molar-refractivity contribution in [3.05, 3.63) is 0 Å². The van der Waals surface area contributed by atoms with Gasteiger partial charge in [0, 0.05) is 23.1 Å². The van der Waals surface area contributed by atoms with Crippen LogP contribution in [0.2, 0.25) is 0 Å². The van der Waals surface area contributed by atoms with Crippen molar-refractivity contribution in [2.45, 2.75) is 25.5 Å². The number of hydrogen-bond acceptors (Lipinski definition) is 3. The normalized spacial score (nSPS) is 17.8. The molecule has 0 aromatic carbocycles. The first-order valence-electron chi connectivity index (χ1n) is 4.32. The third kappa shape index (κ3) is 4.38. The summed E-state index contributed by atoms with van der Waals surface area (Å²) in [7, 11) is -1.34. The minimum absolute atomic E-state index is 0.0572. The highest BCUT2D eigenvalue weighted by molar-refractivity contribution is 7.86. The van der Waals surface area contributed by atoms with Crippen molar-refractivity contribution in [1.82, 2.24) is 0 Å². The molecule has 5 heteroatoms. The van der Waals surface area contributed by atoms with Gasteiger partial charge in [0.05, 0.1) is 0 Å². The summed E-state index contributed by atoms with van der Waals surface area (Å²) in [5.41, 5.74) is 5.22. The first-order chi connectivity index (χ1) is 6.02. The van der Waals surface area contributed by atoms with Gasteiger partial charge in [-0.05, 0) is 5.92 Å². The lowest BCUT2D eigenvalue weighted by Gasteiger charge is -2.12. The molecule has 0 rings (SSSR count). The van der Waals surface area contributed by atoms with E-state index in [1.54, 1.807) is 0 Å². The summed E-state index contributed by atoms with van der Waals surface area (Å²) in [6.07, 6.45) is 0.905. The van der Waals surface area contributed by atoms with Crippen LogP contribution in [0.5, 0.6) is 0 Å². The van der Waals surface area contributed by atoms with Crippen molar-refractivity contribution in [2.24, 2.45) is 11.7 Å². The monoisotopic (exact) mass is 207 g/mol. The average molecular weight is 207 g/mol. The predicted octanol–water partition coefficient (Wildman–Crippen LogP) is 0.193. The van der Waals surface area contributed by atoms with Crippen molar-refractivity contribution in [2.75, 3.05) is 12.3 Å². The van der Waals surface area contributed by atoms with Crippen LogP contribution in [-0.2, 0) is 15.6 Å². The minimum Gasteiger partial charge on any atom is -0.480 e. The summed E-state index contributed by atoms with van der Waals surface area (Å²) < 4.78 is 11.4. The van der Waals surface area contributed by atoms with E-state index in [4.69, 9.17) is 10.8 Å². The van der Waals surface area contributed by atoms with Crippen LogP contribution < -0.4 is 5.73 Å². The van der Waals surface area contributed by atoms with Crippen molar-refractivity contribution < 1.29 is 14.1 Å². The second-order valence-corrected chi connectivity index (χ2v) is 4.79. The topological polar surface area (TPSA) is 80.4 Å². The smallest absolute Gasteiger partial charge is 0.320 e. The molecule has 3 atom stereocenters. The minimum atomic E-state index is -1.34. The van der Waals surface area contributed by atoms with Gasteiger partial charge in [0.15, 0.2) is 0 Å². The highest BCUT2D eigenvalue weighted by atomic mass is 32.2. The van der Waals surface area contributed by atoms with Crippen molar-refractivity contribution in [1.29, 1.82) is 0 Å². The van der Waals surface area contributed by atoms with Crippen LogP contribution in [0.25, 0.3) is 0 Å². The number of aliphatic carboxylic acids is 1. The number of carboxylic acids is 1. The zero-order chi connectivity index (χ0) is 10.4. The summed E-state index contributed by atoms with van der Waals surface area (Å²) in [6.45, 7) is 3.88. The Morgan fingerprint density at radius 1 is 1.62 bits per heavy atom. The summed E-state index contributed by atoms with van der Waals surface area (Å²) in [5, 5.41) is 7.75. The molecule has 3 unspecified atom stereocenters. The SMILES string of the molecule is CCC(C)CS(=O)C(CN)C(=O)O. The number of nitrogens with two attached hydrogens (primary N) is 1. The fourth-order valence-corrected chi connectivity index (χ4v) is 2.30.